The van der Waals surface area contributed by atoms with Gasteiger partial charge in [-0.1, -0.05) is 0 Å². The van der Waals surface area contributed by atoms with Crippen molar-refractivity contribution >= 4 is 24.7 Å². The number of rotatable bonds is 5. The molecule has 3 heterocycles. The normalized spacial score (nSPS) is 33.4. The van der Waals surface area contributed by atoms with Crippen molar-refractivity contribution in [3.63, 3.8) is 0 Å². The lowest BCUT2D eigenvalue weighted by Crippen LogP contribution is -2.51. The number of fused-ring (bicyclic) bond motifs is 1. The third-order valence-electron chi connectivity index (χ3n) is 4.34. The Hall–Kier alpha value is -1.92. The lowest BCUT2D eigenvalue weighted by atomic mass is 9.90. The zero-order valence-electron chi connectivity index (χ0n) is 14.3. The van der Waals surface area contributed by atoms with Crippen molar-refractivity contribution in [3.05, 3.63) is 16.7 Å². The number of H-pyrrole nitrogens is 1. The highest BCUT2D eigenvalue weighted by Crippen LogP contribution is 2.49. The molecule has 0 aromatic carbocycles. The molecule has 5 N–H and O–H groups in total. The van der Waals surface area contributed by atoms with E-state index in [1.54, 1.807) is 0 Å². The second-order valence-electron chi connectivity index (χ2n) is 6.57. The average molecular weight is 409 g/mol. The molecule has 1 saturated heterocycles. The molecule has 0 spiro atoms. The van der Waals surface area contributed by atoms with Crippen LogP contribution in [-0.2, 0) is 13.8 Å². The Labute approximate surface area is 150 Å². The topological polar surface area (TPSA) is 166 Å². The smallest absolute Gasteiger partial charge is 0.325 e. The molecule has 0 aliphatic carbocycles. The van der Waals surface area contributed by atoms with E-state index in [4.69, 9.17) is 10.5 Å². The molecule has 2 aromatic heterocycles. The van der Waals surface area contributed by atoms with E-state index in [-0.39, 0.29) is 17.1 Å². The van der Waals surface area contributed by atoms with E-state index in [1.165, 1.54) is 0 Å². The molecule has 5 atom stereocenters. The molecule has 14 heteroatoms. The van der Waals surface area contributed by atoms with Gasteiger partial charge in [0.25, 0.3) is 5.56 Å². The molecule has 2 aromatic rings. The Morgan fingerprint density at radius 1 is 1.59 bits per heavy atom. The number of nitrogens with zero attached hydrogens (tertiary/aromatic N) is 3. The second-order valence-corrected chi connectivity index (χ2v) is 8.44. The fourth-order valence-electron chi connectivity index (χ4n) is 2.98. The lowest BCUT2D eigenvalue weighted by molar-refractivity contribution is -0.133. The van der Waals surface area contributed by atoms with Crippen LogP contribution in [-0.4, -0.2) is 66.8 Å². The summed E-state index contributed by atoms with van der Waals surface area (Å²) in [6.45, 7) is -0.484. The van der Waals surface area contributed by atoms with Gasteiger partial charge < -0.3 is 25.0 Å². The maximum Gasteiger partial charge on any atom is 0.325 e. The second kappa shape index (κ2) is 6.31. The molecule has 27 heavy (non-hydrogen) atoms. The molecule has 1 unspecified atom stereocenters. The summed E-state index contributed by atoms with van der Waals surface area (Å²) in [5.74, 6) is -0.263. The van der Waals surface area contributed by atoms with Crippen LogP contribution in [0.5, 0.6) is 0 Å². The number of anilines is 1. The van der Waals surface area contributed by atoms with Crippen LogP contribution in [0, 0.1) is 0 Å². The number of halogens is 2. The molecule has 0 bridgehead atoms. The molecule has 150 valence electrons. The number of alkyl halides is 2. The summed E-state index contributed by atoms with van der Waals surface area (Å²) >= 11 is 0. The Morgan fingerprint density at radius 2 is 2.26 bits per heavy atom. The quantitative estimate of drug-likeness (QED) is 0.492. The first-order valence-electron chi connectivity index (χ1n) is 7.69. The molecule has 0 amide bonds. The van der Waals surface area contributed by atoms with Crippen LogP contribution in [0.1, 0.15) is 13.2 Å². The first-order chi connectivity index (χ1) is 12.4. The molecule has 11 nitrogen and oxygen atoms in total. The highest BCUT2D eigenvalue weighted by atomic mass is 31.2. The van der Waals surface area contributed by atoms with Crippen LogP contribution in [0.15, 0.2) is 11.1 Å². The summed E-state index contributed by atoms with van der Waals surface area (Å²) in [6.07, 6.45) is -2.70. The largest absolute Gasteiger partial charge is 0.386 e. The lowest BCUT2D eigenvalue weighted by Gasteiger charge is -2.29. The number of nitrogen functional groups attached to an aromatic ring is 1. The summed E-state index contributed by atoms with van der Waals surface area (Å²) in [5.41, 5.74) is -0.342. The number of aromatic amines is 1. The number of nitrogens with one attached hydrogen (secondary N) is 1. The number of aliphatic hydroxyl groups excluding tert-OH is 1. The monoisotopic (exact) mass is 409 g/mol. The van der Waals surface area contributed by atoms with Gasteiger partial charge in [-0.15, -0.1) is 0 Å². The van der Waals surface area contributed by atoms with Gasteiger partial charge in [0.05, 0.1) is 12.9 Å². The minimum atomic E-state index is -4.05. The van der Waals surface area contributed by atoms with Crippen LogP contribution >= 0.6 is 7.60 Å². The maximum atomic E-state index is 15.3. The number of ether oxygens (including phenoxy) is 1. The van der Waals surface area contributed by atoms with Gasteiger partial charge in [-0.2, -0.15) is 4.98 Å². The number of hydrogen-bond donors (Lipinski definition) is 4. The minimum absolute atomic E-state index is 0.142. The summed E-state index contributed by atoms with van der Waals surface area (Å²) in [4.78, 5) is 31.1. The van der Waals surface area contributed by atoms with Gasteiger partial charge in [0.1, 0.15) is 12.8 Å². The van der Waals surface area contributed by atoms with Crippen LogP contribution in [0.3, 0.4) is 0 Å². The number of imidazole rings is 1. The van der Waals surface area contributed by atoms with Crippen molar-refractivity contribution in [2.24, 2.45) is 0 Å². The Balaban J connectivity index is 2.07. The van der Waals surface area contributed by atoms with Crippen LogP contribution in [0.2, 0.25) is 0 Å². The molecule has 1 aliphatic rings. The SMILES string of the molecule is C[C@@]1(F)[C@H](O)[C@@](CF)(COP(C)(=O)O)O[C@H]1n1cnc2c(=O)[nH]c(N)nc21. The zero-order chi connectivity index (χ0) is 20.2. The molecule has 3 rings (SSSR count). The summed E-state index contributed by atoms with van der Waals surface area (Å²) < 4.78 is 51.5. The number of aromatic nitrogens is 4. The highest BCUT2D eigenvalue weighted by Gasteiger charge is 2.64. The third kappa shape index (κ3) is 3.25. The molecule has 0 saturated carbocycles. The highest BCUT2D eigenvalue weighted by molar-refractivity contribution is 7.51. The van der Waals surface area contributed by atoms with Crippen LogP contribution in [0.25, 0.3) is 11.2 Å². The molecule has 1 aliphatic heterocycles. The van der Waals surface area contributed by atoms with Crippen molar-refractivity contribution in [2.45, 2.75) is 30.5 Å². The fraction of sp³-hybridized carbons (Fsp3) is 0.615. The predicted molar refractivity (Wildman–Crippen MR) is 88.6 cm³/mol. The molecular formula is C13H18F2N5O6P. The molecule has 0 radical (unpaired) electrons. The Morgan fingerprint density at radius 3 is 2.85 bits per heavy atom. The van der Waals surface area contributed by atoms with E-state index in [9.17, 15) is 23.7 Å². The van der Waals surface area contributed by atoms with E-state index >= 15 is 4.39 Å². The van der Waals surface area contributed by atoms with E-state index in [0.717, 1.165) is 24.5 Å². The van der Waals surface area contributed by atoms with Crippen molar-refractivity contribution < 1.29 is 32.6 Å². The van der Waals surface area contributed by atoms with Gasteiger partial charge in [-0.05, 0) is 6.92 Å². The van der Waals surface area contributed by atoms with Gasteiger partial charge in [0, 0.05) is 6.66 Å². The van der Waals surface area contributed by atoms with E-state index in [1.807, 2.05) is 0 Å². The van der Waals surface area contributed by atoms with Crippen LogP contribution in [0.4, 0.5) is 14.7 Å². The number of nitrogens with two attached hydrogens (primary N) is 1. The zero-order valence-corrected chi connectivity index (χ0v) is 15.2. The van der Waals surface area contributed by atoms with E-state index < -0.39 is 50.0 Å². The van der Waals surface area contributed by atoms with Gasteiger partial charge in [-0.3, -0.25) is 18.9 Å². The standard InChI is InChI=1S/C13H18F2N5O6P/c1-12(15)9(22)13(3-14,4-25-27(2,23)24)26-10(12)20-5-17-6-7(20)18-11(16)19-8(6)21/h5,9-10,22H,3-4H2,1-2H3,(H,23,24)(H3,16,18,19,21)/t9-,10+,12+,13+/m0/s1. The molecule has 1 fully saturated rings. The first-order valence-corrected chi connectivity index (χ1v) is 9.71. The summed E-state index contributed by atoms with van der Waals surface area (Å²) in [5, 5.41) is 10.4. The fourth-order valence-corrected chi connectivity index (χ4v) is 3.44. The predicted octanol–water partition coefficient (Wildman–Crippen LogP) is -0.140. The van der Waals surface area contributed by atoms with Gasteiger partial charge in [-0.25, -0.2) is 13.8 Å². The average Bonchev–Trinajstić information content (AvgIpc) is 3.05. The number of aliphatic hydroxyl groups is 1. The summed E-state index contributed by atoms with van der Waals surface area (Å²) in [7, 11) is -4.05. The van der Waals surface area contributed by atoms with E-state index in [0.29, 0.717) is 0 Å². The Kier molecular flexibility index (Phi) is 4.64. The minimum Gasteiger partial charge on any atom is -0.386 e. The van der Waals surface area contributed by atoms with Gasteiger partial charge in [0.2, 0.25) is 5.95 Å². The maximum absolute atomic E-state index is 15.3. The first kappa shape index (κ1) is 19.8. The van der Waals surface area contributed by atoms with Crippen molar-refractivity contribution in [3.8, 4) is 0 Å². The van der Waals surface area contributed by atoms with Crippen molar-refractivity contribution in [2.75, 3.05) is 25.7 Å². The number of hydrogen-bond acceptors (Lipinski definition) is 8. The van der Waals surface area contributed by atoms with Crippen LogP contribution < -0.4 is 11.3 Å². The third-order valence-corrected chi connectivity index (χ3v) is 4.95. The Bertz CT molecular complexity index is 974. The molecular weight excluding hydrogens is 391 g/mol. The van der Waals surface area contributed by atoms with E-state index in [2.05, 4.69) is 19.5 Å². The van der Waals surface area contributed by atoms with Gasteiger partial charge >= 0.3 is 7.60 Å². The van der Waals surface area contributed by atoms with Gasteiger partial charge in [0.15, 0.2) is 28.7 Å². The van der Waals surface area contributed by atoms with Crippen molar-refractivity contribution in [1.82, 2.24) is 19.5 Å². The van der Waals surface area contributed by atoms with Crippen molar-refractivity contribution in [1.29, 1.82) is 0 Å². The summed E-state index contributed by atoms with van der Waals surface area (Å²) in [6, 6.07) is 0.